The standard InChI is InChI=1S/C21H22N4O5S2/c1-15-12-17(24-30-15)14-31-21-19(6-3-7-22-21)20(26)23-16-4-2-5-18(13-16)32(27,28)25-8-10-29-11-9-25/h2-7,12-13H,8-11,14H2,1H3,(H,23,26). The molecule has 0 aliphatic carbocycles. The van der Waals surface area contributed by atoms with Crippen LogP contribution in [0.15, 0.2) is 63.1 Å². The molecule has 1 N–H and O–H groups in total. The molecule has 0 saturated carbocycles. The predicted octanol–water partition coefficient (Wildman–Crippen LogP) is 2.94. The van der Waals surface area contributed by atoms with Gasteiger partial charge in [-0.2, -0.15) is 4.31 Å². The number of aromatic nitrogens is 2. The van der Waals surface area contributed by atoms with E-state index in [0.717, 1.165) is 5.69 Å². The lowest BCUT2D eigenvalue weighted by Gasteiger charge is -2.26. The molecular weight excluding hydrogens is 452 g/mol. The number of anilines is 1. The lowest BCUT2D eigenvalue weighted by atomic mass is 10.2. The molecule has 0 unspecified atom stereocenters. The van der Waals surface area contributed by atoms with Crippen molar-refractivity contribution >= 4 is 33.4 Å². The summed E-state index contributed by atoms with van der Waals surface area (Å²) in [5.41, 5.74) is 1.53. The smallest absolute Gasteiger partial charge is 0.258 e. The van der Waals surface area contributed by atoms with E-state index in [9.17, 15) is 13.2 Å². The average Bonchev–Trinajstić information content (AvgIpc) is 3.23. The Hall–Kier alpha value is -2.73. The van der Waals surface area contributed by atoms with Crippen LogP contribution in [-0.4, -0.2) is 55.1 Å². The number of thioether (sulfide) groups is 1. The number of morpholine rings is 1. The van der Waals surface area contributed by atoms with E-state index in [1.54, 1.807) is 30.5 Å². The highest BCUT2D eigenvalue weighted by Gasteiger charge is 2.26. The van der Waals surface area contributed by atoms with Gasteiger partial charge in [0.1, 0.15) is 10.8 Å². The van der Waals surface area contributed by atoms with Crippen molar-refractivity contribution < 1.29 is 22.5 Å². The van der Waals surface area contributed by atoms with E-state index < -0.39 is 10.0 Å². The van der Waals surface area contributed by atoms with Crippen molar-refractivity contribution in [1.82, 2.24) is 14.4 Å². The van der Waals surface area contributed by atoms with E-state index in [0.29, 0.717) is 54.1 Å². The number of aryl methyl sites for hydroxylation is 1. The monoisotopic (exact) mass is 474 g/mol. The van der Waals surface area contributed by atoms with Crippen LogP contribution in [0.2, 0.25) is 0 Å². The molecule has 0 atom stereocenters. The minimum Gasteiger partial charge on any atom is -0.379 e. The molecule has 9 nitrogen and oxygen atoms in total. The molecule has 0 bridgehead atoms. The molecule has 1 amide bonds. The number of hydrogen-bond donors (Lipinski definition) is 1. The minimum absolute atomic E-state index is 0.124. The SMILES string of the molecule is Cc1cc(CSc2ncccc2C(=O)Nc2cccc(S(=O)(=O)N3CCOCC3)c2)no1. The van der Waals surface area contributed by atoms with Crippen LogP contribution in [0.5, 0.6) is 0 Å². The van der Waals surface area contributed by atoms with Crippen molar-refractivity contribution in [3.63, 3.8) is 0 Å². The zero-order valence-electron chi connectivity index (χ0n) is 17.4. The summed E-state index contributed by atoms with van der Waals surface area (Å²) in [7, 11) is -3.66. The summed E-state index contributed by atoms with van der Waals surface area (Å²) in [5.74, 6) is 0.839. The molecule has 1 saturated heterocycles. The maximum Gasteiger partial charge on any atom is 0.258 e. The van der Waals surface area contributed by atoms with Crippen molar-refractivity contribution in [3.8, 4) is 0 Å². The predicted molar refractivity (Wildman–Crippen MR) is 119 cm³/mol. The summed E-state index contributed by atoms with van der Waals surface area (Å²) in [6.07, 6.45) is 1.61. The fourth-order valence-electron chi connectivity index (χ4n) is 3.18. The summed E-state index contributed by atoms with van der Waals surface area (Å²) >= 11 is 1.37. The van der Waals surface area contributed by atoms with E-state index in [1.165, 1.54) is 28.2 Å². The van der Waals surface area contributed by atoms with Gasteiger partial charge in [0.05, 0.1) is 29.4 Å². The Morgan fingerprint density at radius 3 is 2.75 bits per heavy atom. The van der Waals surface area contributed by atoms with Crippen LogP contribution in [0.3, 0.4) is 0 Å². The highest BCUT2D eigenvalue weighted by Crippen LogP contribution is 2.26. The van der Waals surface area contributed by atoms with Gasteiger partial charge in [-0.1, -0.05) is 23.0 Å². The Morgan fingerprint density at radius 2 is 2.00 bits per heavy atom. The first-order chi connectivity index (χ1) is 15.4. The van der Waals surface area contributed by atoms with Crippen LogP contribution in [0, 0.1) is 6.92 Å². The van der Waals surface area contributed by atoms with E-state index in [1.807, 2.05) is 13.0 Å². The minimum atomic E-state index is -3.66. The van der Waals surface area contributed by atoms with E-state index in [4.69, 9.17) is 9.26 Å². The molecule has 4 rings (SSSR count). The van der Waals surface area contributed by atoms with Crippen LogP contribution >= 0.6 is 11.8 Å². The molecular formula is C21H22N4O5S2. The quantitative estimate of drug-likeness (QED) is 0.520. The highest BCUT2D eigenvalue weighted by atomic mass is 32.2. The van der Waals surface area contributed by atoms with Gasteiger partial charge in [0.2, 0.25) is 10.0 Å². The first-order valence-corrected chi connectivity index (χ1v) is 12.4. The molecule has 3 aromatic rings. The van der Waals surface area contributed by atoms with Crippen LogP contribution in [0.1, 0.15) is 21.8 Å². The number of benzene rings is 1. The Labute approximate surface area is 190 Å². The highest BCUT2D eigenvalue weighted by molar-refractivity contribution is 7.98. The lowest BCUT2D eigenvalue weighted by molar-refractivity contribution is 0.0730. The molecule has 0 spiro atoms. The molecule has 1 fully saturated rings. The third kappa shape index (κ3) is 5.18. The summed E-state index contributed by atoms with van der Waals surface area (Å²) in [6.45, 7) is 3.16. The second kappa shape index (κ2) is 9.82. The zero-order chi connectivity index (χ0) is 22.6. The van der Waals surface area contributed by atoms with Gasteiger partial charge in [-0.05, 0) is 37.3 Å². The van der Waals surface area contributed by atoms with E-state index in [-0.39, 0.29) is 10.8 Å². The number of ether oxygens (including phenoxy) is 1. The molecule has 0 radical (unpaired) electrons. The van der Waals surface area contributed by atoms with E-state index in [2.05, 4.69) is 15.5 Å². The van der Waals surface area contributed by atoms with Crippen LogP contribution in [0.25, 0.3) is 0 Å². The summed E-state index contributed by atoms with van der Waals surface area (Å²) in [5, 5.41) is 7.28. The van der Waals surface area contributed by atoms with Crippen LogP contribution in [-0.2, 0) is 20.5 Å². The number of amides is 1. The third-order valence-electron chi connectivity index (χ3n) is 4.75. The van der Waals surface area contributed by atoms with Crippen molar-refractivity contribution in [3.05, 3.63) is 65.7 Å². The number of carbonyl (C=O) groups excluding carboxylic acids is 1. The van der Waals surface area contributed by atoms with Crippen molar-refractivity contribution in [2.24, 2.45) is 0 Å². The molecule has 3 heterocycles. The molecule has 1 aliphatic heterocycles. The Kier molecular flexibility index (Phi) is 6.89. The van der Waals surface area contributed by atoms with Crippen LogP contribution in [0.4, 0.5) is 5.69 Å². The van der Waals surface area contributed by atoms with Gasteiger partial charge in [-0.3, -0.25) is 4.79 Å². The van der Waals surface area contributed by atoms with Gasteiger partial charge in [0.15, 0.2) is 0 Å². The normalized spacial score (nSPS) is 14.9. The number of sulfonamides is 1. The maximum atomic E-state index is 12.9. The second-order valence-corrected chi connectivity index (χ2v) is 9.97. The maximum absolute atomic E-state index is 12.9. The van der Waals surface area contributed by atoms with Crippen molar-refractivity contribution in [2.45, 2.75) is 22.6 Å². The van der Waals surface area contributed by atoms with Crippen molar-refractivity contribution in [1.29, 1.82) is 0 Å². The summed E-state index contributed by atoms with van der Waals surface area (Å²) < 4.78 is 37.5. The second-order valence-electron chi connectivity index (χ2n) is 7.07. The fraction of sp³-hybridized carbons (Fsp3) is 0.286. The van der Waals surface area contributed by atoms with Gasteiger partial charge in [0, 0.05) is 36.8 Å². The average molecular weight is 475 g/mol. The lowest BCUT2D eigenvalue weighted by Crippen LogP contribution is -2.40. The molecule has 11 heteroatoms. The largest absolute Gasteiger partial charge is 0.379 e. The number of hydrogen-bond acceptors (Lipinski definition) is 8. The molecule has 168 valence electrons. The van der Waals surface area contributed by atoms with Gasteiger partial charge in [-0.25, -0.2) is 13.4 Å². The summed E-state index contributed by atoms with van der Waals surface area (Å²) in [6, 6.07) is 11.4. The number of nitrogens with zero attached hydrogens (tertiary/aromatic N) is 3. The molecule has 1 aromatic carbocycles. The first kappa shape index (κ1) is 22.5. The third-order valence-corrected chi connectivity index (χ3v) is 7.68. The van der Waals surface area contributed by atoms with Crippen molar-refractivity contribution in [2.75, 3.05) is 31.6 Å². The van der Waals surface area contributed by atoms with Gasteiger partial charge in [-0.15, -0.1) is 0 Å². The van der Waals surface area contributed by atoms with Gasteiger partial charge >= 0.3 is 0 Å². The Balaban J connectivity index is 1.49. The topological polar surface area (TPSA) is 115 Å². The van der Waals surface area contributed by atoms with Gasteiger partial charge < -0.3 is 14.6 Å². The molecule has 2 aromatic heterocycles. The Morgan fingerprint density at radius 1 is 1.19 bits per heavy atom. The zero-order valence-corrected chi connectivity index (χ0v) is 19.0. The van der Waals surface area contributed by atoms with Crippen LogP contribution < -0.4 is 5.32 Å². The summed E-state index contributed by atoms with van der Waals surface area (Å²) in [4.78, 5) is 17.4. The molecule has 1 aliphatic rings. The fourth-order valence-corrected chi connectivity index (χ4v) is 5.50. The first-order valence-electron chi connectivity index (χ1n) is 9.93. The number of nitrogens with one attached hydrogen (secondary N) is 1. The molecule has 32 heavy (non-hydrogen) atoms. The number of carbonyl (C=O) groups is 1. The Bertz CT molecular complexity index is 1210. The van der Waals surface area contributed by atoms with E-state index >= 15 is 0 Å². The number of rotatable bonds is 7. The van der Waals surface area contributed by atoms with Gasteiger partial charge in [0.25, 0.3) is 5.91 Å². The number of pyridine rings is 1.